The van der Waals surface area contributed by atoms with Gasteiger partial charge in [-0.05, 0) is 152 Å². The molecular formula is C72H70BN3. The zero-order chi connectivity index (χ0) is 52.7. The molecule has 3 nitrogen and oxygen atoms in total. The van der Waals surface area contributed by atoms with E-state index in [1.807, 2.05) is 0 Å². The van der Waals surface area contributed by atoms with Gasteiger partial charge in [0.05, 0.1) is 16.9 Å². The number of anilines is 8. The molecule has 0 radical (unpaired) electrons. The summed E-state index contributed by atoms with van der Waals surface area (Å²) >= 11 is 0. The third-order valence-corrected chi connectivity index (χ3v) is 18.2. The molecule has 13 rings (SSSR count). The van der Waals surface area contributed by atoms with Crippen LogP contribution in [0.1, 0.15) is 116 Å². The maximum absolute atomic E-state index is 2.77. The molecule has 0 fully saturated rings. The van der Waals surface area contributed by atoms with Crippen LogP contribution in [-0.4, -0.2) is 6.71 Å². The highest BCUT2D eigenvalue weighted by atomic mass is 15.3. The molecule has 0 spiro atoms. The van der Waals surface area contributed by atoms with Crippen LogP contribution < -0.4 is 31.1 Å². The molecule has 76 heavy (non-hydrogen) atoms. The van der Waals surface area contributed by atoms with Crippen molar-refractivity contribution in [3.63, 3.8) is 0 Å². The Kier molecular flexibility index (Phi) is 10.7. The van der Waals surface area contributed by atoms with Crippen molar-refractivity contribution in [2.24, 2.45) is 0 Å². The van der Waals surface area contributed by atoms with Gasteiger partial charge in [-0.3, -0.25) is 0 Å². The summed E-state index contributed by atoms with van der Waals surface area (Å²) in [5, 5.41) is 0. The second-order valence-electron chi connectivity index (χ2n) is 25.7. The Labute approximate surface area is 453 Å². The average Bonchev–Trinajstić information content (AvgIpc) is 3.89. The van der Waals surface area contributed by atoms with E-state index in [0.717, 1.165) is 12.8 Å². The highest BCUT2D eigenvalue weighted by Gasteiger charge is 2.60. The van der Waals surface area contributed by atoms with Crippen LogP contribution in [0.3, 0.4) is 0 Å². The predicted molar refractivity (Wildman–Crippen MR) is 325 cm³/mol. The standard InChI is InChI=1S/C72H70BN3/c1-68(2,3)50-34-37-60(54(42-50)47-24-14-12-15-25-47)74-63-33-23-21-31-58(63)73-59-44-52(70(7,8)9)36-39-64(59)75(61-38-35-51(69(4,5)6)43-55(61)48-26-16-13-17-27-48)66-46-53(45-65(74)67(66)73)76-62-32-22-20-30-57(62)71(10)41-40-49-28-18-19-29-56(49)72(71,76)11/h12-39,42-46H,40-41H2,1-11H3. The van der Waals surface area contributed by atoms with E-state index in [9.17, 15) is 0 Å². The zero-order valence-electron chi connectivity index (χ0n) is 46.4. The average molecular weight is 988 g/mol. The molecule has 0 amide bonds. The summed E-state index contributed by atoms with van der Waals surface area (Å²) in [6.45, 7) is 26.1. The van der Waals surface area contributed by atoms with E-state index in [-0.39, 0.29) is 28.4 Å². The normalized spacial score (nSPS) is 18.4. The molecule has 0 bridgehead atoms. The Bertz CT molecular complexity index is 3760. The number of nitrogens with zero attached hydrogens (tertiary/aromatic N) is 3. The van der Waals surface area contributed by atoms with Crippen molar-refractivity contribution in [2.75, 3.05) is 14.7 Å². The van der Waals surface area contributed by atoms with Gasteiger partial charge in [-0.2, -0.15) is 0 Å². The van der Waals surface area contributed by atoms with Gasteiger partial charge >= 0.3 is 0 Å². The quantitative estimate of drug-likeness (QED) is 0.159. The molecule has 0 aromatic heterocycles. The lowest BCUT2D eigenvalue weighted by Gasteiger charge is -2.52. The number of rotatable bonds is 5. The van der Waals surface area contributed by atoms with Crippen molar-refractivity contribution in [1.29, 1.82) is 0 Å². The Morgan fingerprint density at radius 2 is 0.842 bits per heavy atom. The van der Waals surface area contributed by atoms with Crippen LogP contribution in [0, 0.1) is 0 Å². The molecule has 2 atom stereocenters. The molecule has 2 unspecified atom stereocenters. The van der Waals surface area contributed by atoms with Crippen molar-refractivity contribution in [1.82, 2.24) is 0 Å². The predicted octanol–water partition coefficient (Wildman–Crippen LogP) is 17.3. The number of hydrogen-bond donors (Lipinski definition) is 0. The second kappa shape index (κ2) is 17.0. The summed E-state index contributed by atoms with van der Waals surface area (Å²) in [7, 11) is 0. The highest BCUT2D eigenvalue weighted by Crippen LogP contribution is 2.64. The lowest BCUT2D eigenvalue weighted by Crippen LogP contribution is -2.61. The molecule has 0 N–H and O–H groups in total. The highest BCUT2D eigenvalue weighted by molar-refractivity contribution is 7.00. The number of hydrogen-bond acceptors (Lipinski definition) is 3. The molecule has 1 aliphatic carbocycles. The van der Waals surface area contributed by atoms with Crippen LogP contribution >= 0.6 is 0 Å². The molecule has 376 valence electrons. The van der Waals surface area contributed by atoms with Gasteiger partial charge in [-0.15, -0.1) is 0 Å². The topological polar surface area (TPSA) is 9.72 Å². The Balaban J connectivity index is 1.20. The fraction of sp³-hybridized carbons (Fsp3) is 0.250. The van der Waals surface area contributed by atoms with E-state index in [1.165, 1.54) is 118 Å². The van der Waals surface area contributed by atoms with Gasteiger partial charge in [-0.1, -0.05) is 215 Å². The van der Waals surface area contributed by atoms with Gasteiger partial charge in [0.1, 0.15) is 0 Å². The molecule has 3 aliphatic heterocycles. The van der Waals surface area contributed by atoms with Crippen molar-refractivity contribution < 1.29 is 0 Å². The number of para-hydroxylation sites is 2. The SMILES string of the molecule is CC(C)(C)c1ccc2c(c1)B1c3ccccc3N(c3ccc(C(C)(C)C)cc3-c3ccccc3)c3cc(N4c5ccccc5C5(C)CCc6ccccc6C45C)cc(c31)N2c1ccc(C(C)(C)C)cc1-c1ccccc1. The van der Waals surface area contributed by atoms with Crippen LogP contribution in [0.15, 0.2) is 200 Å². The van der Waals surface area contributed by atoms with Crippen molar-refractivity contribution >= 4 is 68.6 Å². The largest absolute Gasteiger partial charge is 0.330 e. The summed E-state index contributed by atoms with van der Waals surface area (Å²) in [6, 6.07) is 77.3. The van der Waals surface area contributed by atoms with Crippen LogP contribution in [0.2, 0.25) is 0 Å². The summed E-state index contributed by atoms with van der Waals surface area (Å²) < 4.78 is 0. The fourth-order valence-corrected chi connectivity index (χ4v) is 13.8. The number of fused-ring (bicyclic) bond motifs is 9. The number of benzene rings is 9. The van der Waals surface area contributed by atoms with Crippen LogP contribution in [0.25, 0.3) is 22.3 Å². The van der Waals surface area contributed by atoms with Crippen LogP contribution in [0.4, 0.5) is 45.5 Å². The van der Waals surface area contributed by atoms with E-state index >= 15 is 0 Å². The van der Waals surface area contributed by atoms with Crippen LogP contribution in [-0.2, 0) is 33.6 Å². The lowest BCUT2D eigenvalue weighted by atomic mass is 9.33. The Hall–Kier alpha value is -7.56. The minimum atomic E-state index is -0.407. The molecule has 0 saturated carbocycles. The van der Waals surface area contributed by atoms with E-state index in [1.54, 1.807) is 0 Å². The Morgan fingerprint density at radius 3 is 1.39 bits per heavy atom. The van der Waals surface area contributed by atoms with Gasteiger partial charge in [-0.25, -0.2) is 0 Å². The first-order valence-corrected chi connectivity index (χ1v) is 27.8. The maximum atomic E-state index is 2.77. The fourth-order valence-electron chi connectivity index (χ4n) is 13.8. The third kappa shape index (κ3) is 7.15. The molecule has 4 aliphatic rings. The van der Waals surface area contributed by atoms with Gasteiger partial charge in [0, 0.05) is 50.7 Å². The van der Waals surface area contributed by atoms with E-state index in [2.05, 4.69) is 291 Å². The van der Waals surface area contributed by atoms with Gasteiger partial charge in [0.2, 0.25) is 0 Å². The molecular weight excluding hydrogens is 918 g/mol. The molecule has 3 heterocycles. The summed E-state index contributed by atoms with van der Waals surface area (Å²) in [4.78, 5) is 8.09. The monoisotopic (exact) mass is 988 g/mol. The lowest BCUT2D eigenvalue weighted by molar-refractivity contribution is 0.245. The minimum Gasteiger partial charge on any atom is -0.330 e. The van der Waals surface area contributed by atoms with E-state index in [0.29, 0.717) is 0 Å². The smallest absolute Gasteiger partial charge is 0.252 e. The molecule has 4 heteroatoms. The van der Waals surface area contributed by atoms with Crippen molar-refractivity contribution in [3.8, 4) is 22.3 Å². The van der Waals surface area contributed by atoms with Gasteiger partial charge in [0.25, 0.3) is 6.71 Å². The third-order valence-electron chi connectivity index (χ3n) is 18.2. The van der Waals surface area contributed by atoms with Gasteiger partial charge < -0.3 is 14.7 Å². The first kappa shape index (κ1) is 48.1. The van der Waals surface area contributed by atoms with E-state index in [4.69, 9.17) is 0 Å². The second-order valence-corrected chi connectivity index (χ2v) is 25.7. The first-order chi connectivity index (χ1) is 36.4. The molecule has 0 saturated heterocycles. The van der Waals surface area contributed by atoms with Gasteiger partial charge in [0.15, 0.2) is 0 Å². The van der Waals surface area contributed by atoms with E-state index < -0.39 is 5.54 Å². The molecule has 9 aromatic rings. The first-order valence-electron chi connectivity index (χ1n) is 27.8. The summed E-state index contributed by atoms with van der Waals surface area (Å²) in [6.07, 6.45) is 2.11. The summed E-state index contributed by atoms with van der Waals surface area (Å²) in [5.41, 5.74) is 26.0. The summed E-state index contributed by atoms with van der Waals surface area (Å²) in [5.74, 6) is 0. The maximum Gasteiger partial charge on any atom is 0.252 e. The molecule has 9 aromatic carbocycles. The van der Waals surface area contributed by atoms with Crippen LogP contribution in [0.5, 0.6) is 0 Å². The minimum absolute atomic E-state index is 0.0507. The number of aryl methyl sites for hydroxylation is 1. The Morgan fingerprint density at radius 1 is 0.395 bits per heavy atom. The van der Waals surface area contributed by atoms with Crippen molar-refractivity contribution in [2.45, 2.75) is 116 Å². The van der Waals surface area contributed by atoms with Crippen molar-refractivity contribution in [3.05, 3.63) is 234 Å². The zero-order valence-corrected chi connectivity index (χ0v) is 46.4.